The van der Waals surface area contributed by atoms with Gasteiger partial charge in [-0.1, -0.05) is 65.3 Å². The number of hydrogen-bond acceptors (Lipinski definition) is 1. The third-order valence-electron chi connectivity index (χ3n) is 15.1. The van der Waals surface area contributed by atoms with Crippen LogP contribution < -0.4 is 0 Å². The van der Waals surface area contributed by atoms with Gasteiger partial charge in [0.2, 0.25) is 0 Å². The van der Waals surface area contributed by atoms with E-state index in [1.165, 1.54) is 63.4 Å². The molecule has 9 atom stereocenters. The van der Waals surface area contributed by atoms with Gasteiger partial charge < -0.3 is 5.11 Å². The Balaban J connectivity index is 1.42. The van der Waals surface area contributed by atoms with Gasteiger partial charge in [0.1, 0.15) is 0 Å². The van der Waals surface area contributed by atoms with Crippen LogP contribution in [0, 0.1) is 62.1 Å². The summed E-state index contributed by atoms with van der Waals surface area (Å²) in [6, 6.07) is 0. The fourth-order valence-corrected chi connectivity index (χ4v) is 12.4. The first kappa shape index (κ1) is 29.4. The second-order valence-electron chi connectivity index (χ2n) is 17.5. The zero-order chi connectivity index (χ0) is 28.8. The van der Waals surface area contributed by atoms with Crippen molar-refractivity contribution in [1.29, 1.82) is 0 Å². The summed E-state index contributed by atoms with van der Waals surface area (Å²) < 4.78 is 0. The Morgan fingerprint density at radius 1 is 0.949 bits per heavy atom. The predicted octanol–water partition coefficient (Wildman–Crippen LogP) is 10.5. The average Bonchev–Trinajstić information content (AvgIpc) is 3.19. The molecular weight excluding hydrogens is 476 g/mol. The lowest BCUT2D eigenvalue weighted by molar-refractivity contribution is -0.225. The van der Waals surface area contributed by atoms with Crippen molar-refractivity contribution in [3.8, 4) is 0 Å². The number of rotatable bonds is 6. The standard InChI is InChI=1S/C37H60O2/c1-24(2)26-16-19-34(7)22-23-36(9)27(30(26)34)13-14-29-35(8)20-15-25(12-11-18-32(3,4)31(38)39)33(5,6)28(35)17-21-37(29,36)10/h15,26-30H,1,11-14,16-23H2,2-10H3,(H,38,39)/t26-,27+,28-,29+,30+,34+,35-,36+,37+/m0/s1. The number of carboxylic acid groups (broad SMARTS) is 1. The summed E-state index contributed by atoms with van der Waals surface area (Å²) in [5, 5.41) is 9.59. The summed E-state index contributed by atoms with van der Waals surface area (Å²) in [6.07, 6.45) is 17.8. The number of fused-ring (bicyclic) bond motifs is 7. The molecule has 5 aliphatic rings. The van der Waals surface area contributed by atoms with Crippen LogP contribution in [0.5, 0.6) is 0 Å². The molecule has 5 aliphatic carbocycles. The molecule has 2 nitrogen and oxygen atoms in total. The van der Waals surface area contributed by atoms with Gasteiger partial charge in [-0.2, -0.15) is 0 Å². The maximum Gasteiger partial charge on any atom is 0.309 e. The molecular formula is C37H60O2. The highest BCUT2D eigenvalue weighted by Crippen LogP contribution is 2.77. The van der Waals surface area contributed by atoms with Crippen LogP contribution >= 0.6 is 0 Å². The first-order chi connectivity index (χ1) is 17.9. The molecule has 0 aromatic rings. The largest absolute Gasteiger partial charge is 0.481 e. The molecule has 0 aromatic heterocycles. The van der Waals surface area contributed by atoms with Gasteiger partial charge in [0, 0.05) is 0 Å². The molecule has 0 spiro atoms. The molecule has 0 amide bonds. The van der Waals surface area contributed by atoms with Gasteiger partial charge in [-0.05, 0) is 154 Å². The van der Waals surface area contributed by atoms with Crippen molar-refractivity contribution in [2.24, 2.45) is 62.1 Å². The second-order valence-corrected chi connectivity index (χ2v) is 17.5. The monoisotopic (exact) mass is 536 g/mol. The fourth-order valence-electron chi connectivity index (χ4n) is 12.4. The molecule has 0 heterocycles. The van der Waals surface area contributed by atoms with Crippen molar-refractivity contribution in [2.75, 3.05) is 0 Å². The predicted molar refractivity (Wildman–Crippen MR) is 163 cm³/mol. The summed E-state index contributed by atoms with van der Waals surface area (Å²) in [5.41, 5.74) is 4.36. The molecule has 4 fully saturated rings. The molecule has 0 unspecified atom stereocenters. The Bertz CT molecular complexity index is 1050. The van der Waals surface area contributed by atoms with Crippen LogP contribution in [0.25, 0.3) is 0 Å². The zero-order valence-electron chi connectivity index (χ0n) is 27.0. The average molecular weight is 537 g/mol. The molecule has 0 radical (unpaired) electrons. The minimum atomic E-state index is -0.669. The molecule has 0 aromatic carbocycles. The maximum atomic E-state index is 11.7. The summed E-state index contributed by atoms with van der Waals surface area (Å²) in [5.74, 6) is 3.26. The van der Waals surface area contributed by atoms with Crippen molar-refractivity contribution >= 4 is 5.97 Å². The number of carboxylic acids is 1. The van der Waals surface area contributed by atoms with E-state index < -0.39 is 11.4 Å². The van der Waals surface area contributed by atoms with Crippen LogP contribution in [-0.2, 0) is 4.79 Å². The molecule has 220 valence electrons. The quantitative estimate of drug-likeness (QED) is 0.343. The normalized spacial score (nSPS) is 46.8. The van der Waals surface area contributed by atoms with Crippen LogP contribution in [0.15, 0.2) is 23.8 Å². The van der Waals surface area contributed by atoms with Gasteiger partial charge >= 0.3 is 5.97 Å². The molecule has 4 saturated carbocycles. The van der Waals surface area contributed by atoms with Crippen molar-refractivity contribution in [1.82, 2.24) is 0 Å². The Labute approximate surface area is 240 Å². The van der Waals surface area contributed by atoms with E-state index in [1.54, 1.807) is 5.57 Å². The van der Waals surface area contributed by atoms with Crippen LogP contribution in [0.1, 0.15) is 139 Å². The minimum Gasteiger partial charge on any atom is -0.481 e. The zero-order valence-corrected chi connectivity index (χ0v) is 27.0. The number of aliphatic carboxylic acids is 1. The Kier molecular flexibility index (Phi) is 6.96. The number of hydrogen-bond donors (Lipinski definition) is 1. The van der Waals surface area contributed by atoms with Crippen LogP contribution in [0.3, 0.4) is 0 Å². The van der Waals surface area contributed by atoms with E-state index in [4.69, 9.17) is 0 Å². The van der Waals surface area contributed by atoms with E-state index >= 15 is 0 Å². The summed E-state index contributed by atoms with van der Waals surface area (Å²) in [7, 11) is 0. The van der Waals surface area contributed by atoms with Crippen molar-refractivity contribution in [2.45, 2.75) is 139 Å². The van der Waals surface area contributed by atoms with E-state index in [2.05, 4.69) is 61.1 Å². The van der Waals surface area contributed by atoms with E-state index in [9.17, 15) is 9.90 Å². The van der Waals surface area contributed by atoms with Gasteiger partial charge in [-0.3, -0.25) is 4.79 Å². The maximum absolute atomic E-state index is 11.7. The minimum absolute atomic E-state index is 0.196. The summed E-state index contributed by atoms with van der Waals surface area (Å²) in [6.45, 7) is 26.5. The highest BCUT2D eigenvalue weighted by Gasteiger charge is 2.69. The van der Waals surface area contributed by atoms with Gasteiger partial charge in [-0.25, -0.2) is 0 Å². The lowest BCUT2D eigenvalue weighted by Crippen LogP contribution is -2.65. The summed E-state index contributed by atoms with van der Waals surface area (Å²) in [4.78, 5) is 11.7. The fraction of sp³-hybridized carbons (Fsp3) is 0.865. The van der Waals surface area contributed by atoms with Crippen molar-refractivity contribution in [3.05, 3.63) is 23.8 Å². The Hall–Kier alpha value is -1.05. The molecule has 0 bridgehead atoms. The van der Waals surface area contributed by atoms with E-state index in [-0.39, 0.29) is 5.41 Å². The van der Waals surface area contributed by atoms with Crippen molar-refractivity contribution < 1.29 is 9.90 Å². The second kappa shape index (κ2) is 9.22. The highest BCUT2D eigenvalue weighted by molar-refractivity contribution is 5.73. The topological polar surface area (TPSA) is 37.3 Å². The lowest BCUT2D eigenvalue weighted by atomic mass is 9.32. The molecule has 1 N–H and O–H groups in total. The highest BCUT2D eigenvalue weighted by atomic mass is 16.4. The molecule has 0 saturated heterocycles. The van der Waals surface area contributed by atoms with Gasteiger partial charge in [-0.15, -0.1) is 0 Å². The van der Waals surface area contributed by atoms with Gasteiger partial charge in [0.15, 0.2) is 0 Å². The Morgan fingerprint density at radius 3 is 2.28 bits per heavy atom. The van der Waals surface area contributed by atoms with E-state index in [0.717, 1.165) is 48.9 Å². The van der Waals surface area contributed by atoms with E-state index in [0.29, 0.717) is 21.7 Å². The third-order valence-corrected chi connectivity index (χ3v) is 15.1. The number of allylic oxidation sites excluding steroid dienone is 3. The lowest BCUT2D eigenvalue weighted by Gasteiger charge is -2.72. The first-order valence-electron chi connectivity index (χ1n) is 16.5. The SMILES string of the molecule is C=C(C)[C@@H]1CC[C@]2(C)CC[C@]3(C)[C@H](CC[C@@H]4[C@@]5(C)CC=C(CCCC(C)(C)C(=O)O)C(C)(C)[C@@H]5CC[C@]43C)[C@@H]12. The van der Waals surface area contributed by atoms with Gasteiger partial charge in [0.05, 0.1) is 5.41 Å². The smallest absolute Gasteiger partial charge is 0.309 e. The number of carbonyl (C=O) groups is 1. The van der Waals surface area contributed by atoms with E-state index in [1.807, 2.05) is 13.8 Å². The van der Waals surface area contributed by atoms with Crippen LogP contribution in [-0.4, -0.2) is 11.1 Å². The molecule has 2 heteroatoms. The first-order valence-corrected chi connectivity index (χ1v) is 16.5. The van der Waals surface area contributed by atoms with Crippen LogP contribution in [0.2, 0.25) is 0 Å². The van der Waals surface area contributed by atoms with Gasteiger partial charge in [0.25, 0.3) is 0 Å². The molecule has 39 heavy (non-hydrogen) atoms. The summed E-state index contributed by atoms with van der Waals surface area (Å²) >= 11 is 0. The van der Waals surface area contributed by atoms with Crippen molar-refractivity contribution in [3.63, 3.8) is 0 Å². The molecule has 0 aliphatic heterocycles. The van der Waals surface area contributed by atoms with Crippen LogP contribution in [0.4, 0.5) is 0 Å². The third kappa shape index (κ3) is 4.10. The molecule has 5 rings (SSSR count). The Morgan fingerprint density at radius 2 is 1.64 bits per heavy atom.